The molecule has 0 spiro atoms. The zero-order chi connectivity index (χ0) is 18.4. The smallest absolute Gasteiger partial charge is 0.251 e. The first-order valence-corrected chi connectivity index (χ1v) is 9.04. The van der Waals surface area contributed by atoms with Gasteiger partial charge in [-0.25, -0.2) is 0 Å². The molecule has 0 unspecified atom stereocenters. The molecule has 6 heteroatoms. The summed E-state index contributed by atoms with van der Waals surface area (Å²) in [7, 11) is 0. The molecule has 6 nitrogen and oxygen atoms in total. The molecule has 0 bridgehead atoms. The van der Waals surface area contributed by atoms with Crippen LogP contribution in [0.15, 0.2) is 59.5 Å². The van der Waals surface area contributed by atoms with Crippen molar-refractivity contribution in [3.05, 3.63) is 70.6 Å². The summed E-state index contributed by atoms with van der Waals surface area (Å²) in [4.78, 5) is 14.6. The van der Waals surface area contributed by atoms with Crippen LogP contribution >= 0.6 is 0 Å². The normalized spacial score (nSPS) is 11.6. The average molecular weight is 357 g/mol. The van der Waals surface area contributed by atoms with Gasteiger partial charge in [-0.3, -0.25) is 9.89 Å². The Morgan fingerprint density at radius 3 is 2.78 bits per heavy atom. The summed E-state index contributed by atoms with van der Waals surface area (Å²) in [6, 6.07) is 16.6. The van der Waals surface area contributed by atoms with Gasteiger partial charge in [0.15, 0.2) is 0 Å². The molecule has 0 saturated carbocycles. The third-order valence-electron chi connectivity index (χ3n) is 5.09. The van der Waals surface area contributed by atoms with Gasteiger partial charge in [0, 0.05) is 41.0 Å². The van der Waals surface area contributed by atoms with Crippen LogP contribution in [0.25, 0.3) is 32.8 Å². The lowest BCUT2D eigenvalue weighted by Crippen LogP contribution is -2.08. The molecule has 5 aromatic rings. The fourth-order valence-electron chi connectivity index (χ4n) is 3.85. The predicted molar refractivity (Wildman–Crippen MR) is 109 cm³/mol. The van der Waals surface area contributed by atoms with Gasteiger partial charge >= 0.3 is 0 Å². The maximum absolute atomic E-state index is 11.8. The molecular formula is C21H19N5O. The van der Waals surface area contributed by atoms with E-state index < -0.39 is 0 Å². The summed E-state index contributed by atoms with van der Waals surface area (Å²) in [5.41, 5.74) is 4.92. The molecule has 134 valence electrons. The van der Waals surface area contributed by atoms with E-state index in [1.165, 1.54) is 27.4 Å². The molecule has 0 fully saturated rings. The van der Waals surface area contributed by atoms with E-state index in [0.29, 0.717) is 12.2 Å². The summed E-state index contributed by atoms with van der Waals surface area (Å²) in [6.07, 6.45) is 1.71. The molecule has 2 aromatic carbocycles. The molecule has 3 aromatic heterocycles. The van der Waals surface area contributed by atoms with Crippen molar-refractivity contribution in [2.75, 3.05) is 5.32 Å². The van der Waals surface area contributed by atoms with Crippen molar-refractivity contribution in [1.82, 2.24) is 19.7 Å². The van der Waals surface area contributed by atoms with Crippen LogP contribution in [0, 0.1) is 0 Å². The molecule has 0 amide bonds. The van der Waals surface area contributed by atoms with Crippen molar-refractivity contribution in [2.45, 2.75) is 20.0 Å². The Hall–Kier alpha value is -3.54. The largest absolute Gasteiger partial charge is 0.380 e. The Bertz CT molecular complexity index is 1340. The van der Waals surface area contributed by atoms with Gasteiger partial charge in [0.25, 0.3) is 5.56 Å². The first kappa shape index (κ1) is 15.7. The van der Waals surface area contributed by atoms with Crippen molar-refractivity contribution < 1.29 is 0 Å². The van der Waals surface area contributed by atoms with Gasteiger partial charge in [0.1, 0.15) is 5.65 Å². The molecule has 0 atom stereocenters. The van der Waals surface area contributed by atoms with Gasteiger partial charge in [-0.15, -0.1) is 0 Å². The van der Waals surface area contributed by atoms with E-state index >= 15 is 0 Å². The Labute approximate surface area is 154 Å². The minimum Gasteiger partial charge on any atom is -0.380 e. The number of benzene rings is 2. The molecule has 5 rings (SSSR count). The zero-order valence-electron chi connectivity index (χ0n) is 14.9. The number of H-pyrrole nitrogens is 2. The number of para-hydroxylation sites is 1. The first-order valence-electron chi connectivity index (χ1n) is 9.04. The number of rotatable bonds is 4. The van der Waals surface area contributed by atoms with Crippen LogP contribution in [0.4, 0.5) is 5.69 Å². The van der Waals surface area contributed by atoms with Gasteiger partial charge in [0.2, 0.25) is 0 Å². The van der Waals surface area contributed by atoms with Crippen molar-refractivity contribution in [1.29, 1.82) is 0 Å². The molecule has 0 aliphatic carbocycles. The lowest BCUT2D eigenvalue weighted by atomic mass is 10.1. The number of hydrogen-bond donors (Lipinski definition) is 3. The number of anilines is 1. The third-order valence-corrected chi connectivity index (χ3v) is 5.09. The highest BCUT2D eigenvalue weighted by atomic mass is 16.1. The quantitative estimate of drug-likeness (QED) is 0.455. The Balaban J connectivity index is 1.55. The van der Waals surface area contributed by atoms with Crippen LogP contribution in [0.1, 0.15) is 12.5 Å². The monoisotopic (exact) mass is 357 g/mol. The lowest BCUT2D eigenvalue weighted by Gasteiger charge is -2.08. The van der Waals surface area contributed by atoms with Crippen LogP contribution in [-0.4, -0.2) is 19.7 Å². The van der Waals surface area contributed by atoms with Crippen LogP contribution in [0.2, 0.25) is 0 Å². The highest BCUT2D eigenvalue weighted by Crippen LogP contribution is 2.30. The first-order chi connectivity index (χ1) is 13.2. The van der Waals surface area contributed by atoms with E-state index in [0.717, 1.165) is 17.6 Å². The molecule has 27 heavy (non-hydrogen) atoms. The van der Waals surface area contributed by atoms with Gasteiger partial charge in [-0.1, -0.05) is 24.3 Å². The van der Waals surface area contributed by atoms with Crippen LogP contribution in [-0.2, 0) is 13.1 Å². The predicted octanol–water partition coefficient (Wildman–Crippen LogP) is 3.99. The van der Waals surface area contributed by atoms with Crippen molar-refractivity contribution >= 4 is 38.5 Å². The summed E-state index contributed by atoms with van der Waals surface area (Å²) >= 11 is 0. The van der Waals surface area contributed by atoms with Gasteiger partial charge < -0.3 is 14.9 Å². The summed E-state index contributed by atoms with van der Waals surface area (Å²) in [5, 5.41) is 13.6. The van der Waals surface area contributed by atoms with Crippen molar-refractivity contribution in [2.24, 2.45) is 0 Å². The maximum Gasteiger partial charge on any atom is 0.251 e. The standard InChI is InChI=1S/C21H19N5O/c1-2-26-18-6-4-3-5-14(18)15-9-13(7-8-19(15)26)11-22-17-10-20(27)24-21-16(17)12-23-25-21/h3-10,12H,2,11H2,1H3,(H3,22,23,24,25,27). The van der Waals surface area contributed by atoms with E-state index in [1.54, 1.807) is 12.3 Å². The summed E-state index contributed by atoms with van der Waals surface area (Å²) in [5.74, 6) is 0. The van der Waals surface area contributed by atoms with Crippen LogP contribution < -0.4 is 10.9 Å². The van der Waals surface area contributed by atoms with Crippen molar-refractivity contribution in [3.63, 3.8) is 0 Å². The molecule has 0 radical (unpaired) electrons. The Kier molecular flexibility index (Phi) is 3.50. The highest BCUT2D eigenvalue weighted by molar-refractivity contribution is 6.08. The van der Waals surface area contributed by atoms with E-state index in [1.807, 2.05) is 0 Å². The Morgan fingerprint density at radius 1 is 1.04 bits per heavy atom. The van der Waals surface area contributed by atoms with Gasteiger partial charge in [0.05, 0.1) is 17.3 Å². The van der Waals surface area contributed by atoms with Crippen molar-refractivity contribution in [3.8, 4) is 0 Å². The topological polar surface area (TPSA) is 78.5 Å². The number of nitrogens with zero attached hydrogens (tertiary/aromatic N) is 2. The number of fused-ring (bicyclic) bond motifs is 4. The zero-order valence-corrected chi connectivity index (χ0v) is 14.9. The Morgan fingerprint density at radius 2 is 1.89 bits per heavy atom. The fourth-order valence-corrected chi connectivity index (χ4v) is 3.85. The number of aromatic nitrogens is 4. The van der Waals surface area contributed by atoms with Gasteiger partial charge in [-0.05, 0) is 30.7 Å². The molecule has 0 aliphatic heterocycles. The molecule has 0 saturated heterocycles. The minimum absolute atomic E-state index is 0.157. The SMILES string of the molecule is CCn1c2ccccc2c2cc(CNc3cc(=O)[nH]c4[nH]ncc34)ccc21. The van der Waals surface area contributed by atoms with E-state index in [-0.39, 0.29) is 5.56 Å². The molecular weight excluding hydrogens is 338 g/mol. The van der Waals surface area contributed by atoms with E-state index in [2.05, 4.69) is 74.5 Å². The number of aromatic amines is 2. The maximum atomic E-state index is 11.8. The second-order valence-corrected chi connectivity index (χ2v) is 6.67. The van der Waals surface area contributed by atoms with Crippen LogP contribution in [0.3, 0.4) is 0 Å². The second-order valence-electron chi connectivity index (χ2n) is 6.67. The number of hydrogen-bond acceptors (Lipinski definition) is 3. The van der Waals surface area contributed by atoms with E-state index in [9.17, 15) is 4.79 Å². The number of aryl methyl sites for hydroxylation is 1. The minimum atomic E-state index is -0.157. The molecule has 3 heterocycles. The molecule has 0 aliphatic rings. The number of nitrogens with one attached hydrogen (secondary N) is 3. The second kappa shape index (κ2) is 6.02. The lowest BCUT2D eigenvalue weighted by molar-refractivity contribution is 0.827. The number of pyridine rings is 1. The highest BCUT2D eigenvalue weighted by Gasteiger charge is 2.10. The molecule has 3 N–H and O–H groups in total. The summed E-state index contributed by atoms with van der Waals surface area (Å²) < 4.78 is 2.34. The third kappa shape index (κ3) is 2.49. The summed E-state index contributed by atoms with van der Waals surface area (Å²) in [6.45, 7) is 3.74. The fraction of sp³-hybridized carbons (Fsp3) is 0.143. The van der Waals surface area contributed by atoms with E-state index in [4.69, 9.17) is 0 Å². The average Bonchev–Trinajstić information content (AvgIpc) is 3.28. The van der Waals surface area contributed by atoms with Gasteiger partial charge in [-0.2, -0.15) is 5.10 Å². The van der Waals surface area contributed by atoms with Crippen LogP contribution in [0.5, 0.6) is 0 Å².